The van der Waals surface area contributed by atoms with Crippen LogP contribution in [0.5, 0.6) is 17.2 Å². The quantitative estimate of drug-likeness (QED) is 0.593. The Bertz CT molecular complexity index is 803. The lowest BCUT2D eigenvalue weighted by Gasteiger charge is -2.22. The number of hydrogen-bond acceptors (Lipinski definition) is 4. The predicted molar refractivity (Wildman–Crippen MR) is 116 cm³/mol. The van der Waals surface area contributed by atoms with Crippen molar-refractivity contribution in [3.63, 3.8) is 0 Å². The van der Waals surface area contributed by atoms with Gasteiger partial charge in [-0.3, -0.25) is 4.79 Å². The van der Waals surface area contributed by atoms with Crippen LogP contribution in [0.15, 0.2) is 42.5 Å². The molecule has 0 saturated heterocycles. The van der Waals surface area contributed by atoms with Crippen LogP contribution < -0.4 is 19.5 Å². The Labute approximate surface area is 174 Å². The summed E-state index contributed by atoms with van der Waals surface area (Å²) in [5.74, 6) is 2.29. The molecule has 0 aliphatic carbocycles. The van der Waals surface area contributed by atoms with Gasteiger partial charge in [0.2, 0.25) is 0 Å². The molecule has 5 nitrogen and oxygen atoms in total. The van der Waals surface area contributed by atoms with Gasteiger partial charge < -0.3 is 19.5 Å². The normalized spacial score (nSPS) is 12.9. The third kappa shape index (κ3) is 6.14. The Morgan fingerprint density at radius 1 is 0.897 bits per heavy atom. The molecule has 0 unspecified atom stereocenters. The Morgan fingerprint density at radius 2 is 1.55 bits per heavy atom. The van der Waals surface area contributed by atoms with Crippen LogP contribution in [0.3, 0.4) is 0 Å². The molecule has 2 aromatic rings. The molecular formula is C24H33NO4. The fourth-order valence-corrected chi connectivity index (χ4v) is 3.06. The van der Waals surface area contributed by atoms with Gasteiger partial charge in [-0.1, -0.05) is 38.1 Å². The van der Waals surface area contributed by atoms with Gasteiger partial charge in [-0.15, -0.1) is 0 Å². The molecule has 0 fully saturated rings. The zero-order valence-electron chi connectivity index (χ0n) is 18.3. The van der Waals surface area contributed by atoms with E-state index >= 15 is 0 Å². The Hall–Kier alpha value is -2.69. The highest BCUT2D eigenvalue weighted by molar-refractivity contribution is 5.81. The highest BCUT2D eigenvalue weighted by Crippen LogP contribution is 2.31. The topological polar surface area (TPSA) is 56.8 Å². The molecule has 0 spiro atoms. The monoisotopic (exact) mass is 399 g/mol. The number of amides is 1. The van der Waals surface area contributed by atoms with Gasteiger partial charge in [0, 0.05) is 0 Å². The van der Waals surface area contributed by atoms with E-state index in [0.29, 0.717) is 30.6 Å². The number of rotatable bonds is 10. The summed E-state index contributed by atoms with van der Waals surface area (Å²) in [7, 11) is 0. The predicted octanol–water partition coefficient (Wildman–Crippen LogP) is 5.25. The van der Waals surface area contributed by atoms with Gasteiger partial charge in [-0.25, -0.2) is 0 Å². The Kier molecular flexibility index (Phi) is 8.37. The highest BCUT2D eigenvalue weighted by Gasteiger charge is 2.20. The molecule has 1 N–H and O–H groups in total. The second-order valence-electron chi connectivity index (χ2n) is 7.26. The van der Waals surface area contributed by atoms with Crippen molar-refractivity contribution in [1.82, 2.24) is 5.32 Å². The Balaban J connectivity index is 2.07. The number of carbonyl (C=O) groups is 1. The van der Waals surface area contributed by atoms with Crippen LogP contribution in [-0.2, 0) is 4.79 Å². The van der Waals surface area contributed by atoms with Crippen molar-refractivity contribution in [3.05, 3.63) is 53.6 Å². The first-order chi connectivity index (χ1) is 13.9. The van der Waals surface area contributed by atoms with Crippen LogP contribution >= 0.6 is 0 Å². The highest BCUT2D eigenvalue weighted by atomic mass is 16.5. The maximum absolute atomic E-state index is 12.7. The number of carbonyl (C=O) groups excluding carboxylic acids is 1. The van der Waals surface area contributed by atoms with E-state index in [9.17, 15) is 4.79 Å². The van der Waals surface area contributed by atoms with E-state index < -0.39 is 6.10 Å². The number of hydrogen-bond donors (Lipinski definition) is 1. The average molecular weight is 400 g/mol. The van der Waals surface area contributed by atoms with Crippen LogP contribution in [0.1, 0.15) is 64.6 Å². The first-order valence-electron chi connectivity index (χ1n) is 10.3. The zero-order valence-corrected chi connectivity index (χ0v) is 18.3. The third-order valence-electron chi connectivity index (χ3n) is 4.64. The molecule has 0 aliphatic heterocycles. The van der Waals surface area contributed by atoms with E-state index in [0.717, 1.165) is 16.9 Å². The molecule has 0 bridgehead atoms. The summed E-state index contributed by atoms with van der Waals surface area (Å²) in [5.41, 5.74) is 2.04. The summed E-state index contributed by atoms with van der Waals surface area (Å²) in [6.45, 7) is 12.9. The minimum atomic E-state index is -0.605. The van der Waals surface area contributed by atoms with Crippen molar-refractivity contribution in [2.45, 2.75) is 59.6 Å². The van der Waals surface area contributed by atoms with Gasteiger partial charge in [0.1, 0.15) is 5.75 Å². The second kappa shape index (κ2) is 10.7. The molecular weight excluding hydrogens is 366 g/mol. The maximum Gasteiger partial charge on any atom is 0.261 e. The maximum atomic E-state index is 12.7. The van der Waals surface area contributed by atoms with Crippen molar-refractivity contribution in [1.29, 1.82) is 0 Å². The molecule has 5 heteroatoms. The molecule has 29 heavy (non-hydrogen) atoms. The lowest BCUT2D eigenvalue weighted by atomic mass is 10.0. The van der Waals surface area contributed by atoms with E-state index in [1.165, 1.54) is 0 Å². The van der Waals surface area contributed by atoms with Crippen LogP contribution in [-0.4, -0.2) is 25.2 Å². The molecule has 1 amide bonds. The first kappa shape index (κ1) is 22.6. The molecule has 0 radical (unpaired) electrons. The minimum absolute atomic E-state index is 0.164. The SMILES string of the molecule is CCOc1ccc([C@@H](C)NC(=O)[C@@H](C)Oc2ccccc2C(C)C)cc1OCC. The van der Waals surface area contributed by atoms with Gasteiger partial charge in [-0.2, -0.15) is 0 Å². The number of benzene rings is 2. The fourth-order valence-electron chi connectivity index (χ4n) is 3.06. The van der Waals surface area contributed by atoms with Crippen molar-refractivity contribution >= 4 is 5.91 Å². The van der Waals surface area contributed by atoms with Crippen LogP contribution in [0, 0.1) is 0 Å². The fraction of sp³-hybridized carbons (Fsp3) is 0.458. The van der Waals surface area contributed by atoms with Crippen molar-refractivity contribution in [3.8, 4) is 17.2 Å². The minimum Gasteiger partial charge on any atom is -0.490 e. The molecule has 2 rings (SSSR count). The van der Waals surface area contributed by atoms with Crippen LogP contribution in [0.25, 0.3) is 0 Å². The van der Waals surface area contributed by atoms with Gasteiger partial charge in [-0.05, 0) is 62.9 Å². The first-order valence-corrected chi connectivity index (χ1v) is 10.3. The molecule has 0 aromatic heterocycles. The average Bonchev–Trinajstić information content (AvgIpc) is 2.69. The number of ether oxygens (including phenoxy) is 3. The van der Waals surface area contributed by atoms with E-state index in [2.05, 4.69) is 19.2 Å². The van der Waals surface area contributed by atoms with Crippen LogP contribution in [0.4, 0.5) is 0 Å². The second-order valence-corrected chi connectivity index (χ2v) is 7.26. The summed E-state index contributed by atoms with van der Waals surface area (Å²) in [6, 6.07) is 13.4. The standard InChI is InChI=1S/C24H33NO4/c1-7-27-22-14-13-19(15-23(22)28-8-2)17(5)25-24(26)18(6)29-21-12-10-9-11-20(21)16(3)4/h9-18H,7-8H2,1-6H3,(H,25,26)/t17-,18-/m1/s1. The summed E-state index contributed by atoms with van der Waals surface area (Å²) < 4.78 is 17.3. The van der Waals surface area contributed by atoms with E-state index in [-0.39, 0.29) is 11.9 Å². The summed E-state index contributed by atoms with van der Waals surface area (Å²) in [4.78, 5) is 12.7. The molecule has 0 saturated carbocycles. The zero-order chi connectivity index (χ0) is 21.4. The molecule has 0 aliphatic rings. The van der Waals surface area contributed by atoms with Gasteiger partial charge >= 0.3 is 0 Å². The molecule has 2 aromatic carbocycles. The van der Waals surface area contributed by atoms with Crippen molar-refractivity contribution in [2.24, 2.45) is 0 Å². The van der Waals surface area contributed by atoms with Crippen molar-refractivity contribution in [2.75, 3.05) is 13.2 Å². The lowest BCUT2D eigenvalue weighted by Crippen LogP contribution is -2.38. The van der Waals surface area contributed by atoms with Gasteiger partial charge in [0.05, 0.1) is 19.3 Å². The number of nitrogens with one attached hydrogen (secondary N) is 1. The van der Waals surface area contributed by atoms with Crippen molar-refractivity contribution < 1.29 is 19.0 Å². The van der Waals surface area contributed by atoms with E-state index in [1.807, 2.05) is 63.2 Å². The lowest BCUT2D eigenvalue weighted by molar-refractivity contribution is -0.127. The van der Waals surface area contributed by atoms with Gasteiger partial charge in [0.15, 0.2) is 17.6 Å². The smallest absolute Gasteiger partial charge is 0.261 e. The van der Waals surface area contributed by atoms with Crippen LogP contribution in [0.2, 0.25) is 0 Å². The summed E-state index contributed by atoms with van der Waals surface area (Å²) >= 11 is 0. The van der Waals surface area contributed by atoms with E-state index in [4.69, 9.17) is 14.2 Å². The summed E-state index contributed by atoms with van der Waals surface area (Å²) in [5, 5.41) is 3.03. The largest absolute Gasteiger partial charge is 0.490 e. The molecule has 2 atom stereocenters. The Morgan fingerprint density at radius 3 is 2.21 bits per heavy atom. The summed E-state index contributed by atoms with van der Waals surface area (Å²) in [6.07, 6.45) is -0.605. The molecule has 0 heterocycles. The van der Waals surface area contributed by atoms with E-state index in [1.54, 1.807) is 6.92 Å². The number of para-hydroxylation sites is 1. The van der Waals surface area contributed by atoms with Gasteiger partial charge in [0.25, 0.3) is 5.91 Å². The third-order valence-corrected chi connectivity index (χ3v) is 4.64. The molecule has 158 valence electrons.